The van der Waals surface area contributed by atoms with Gasteiger partial charge in [-0.3, -0.25) is 0 Å². The van der Waals surface area contributed by atoms with Crippen molar-refractivity contribution in [3.63, 3.8) is 0 Å². The zero-order valence-electron chi connectivity index (χ0n) is 11.0. The molecule has 0 saturated carbocycles. The molecule has 1 atom stereocenters. The summed E-state index contributed by atoms with van der Waals surface area (Å²) in [6, 6.07) is 8.76. The lowest BCUT2D eigenvalue weighted by Gasteiger charge is -2.16. The lowest BCUT2D eigenvalue weighted by Crippen LogP contribution is -2.07. The van der Waals surface area contributed by atoms with E-state index in [1.54, 1.807) is 17.4 Å². The molecule has 0 bridgehead atoms. The topological polar surface area (TPSA) is 0 Å². The number of alkyl halides is 1. The van der Waals surface area contributed by atoms with Gasteiger partial charge in [0.05, 0.1) is 4.83 Å². The fraction of sp³-hybridized carbons (Fsp3) is 0.333. The highest BCUT2D eigenvalue weighted by molar-refractivity contribution is 9.09. The molecule has 1 aromatic carbocycles. The summed E-state index contributed by atoms with van der Waals surface area (Å²) in [5.74, 6) is -0.310. The van der Waals surface area contributed by atoms with Gasteiger partial charge in [0.15, 0.2) is 0 Å². The Hall–Kier alpha value is -0.380. The molecule has 0 spiro atoms. The largest absolute Gasteiger partial charge is 0.207 e. The highest BCUT2D eigenvalue weighted by Crippen LogP contribution is 2.41. The van der Waals surface area contributed by atoms with Crippen LogP contribution in [0, 0.1) is 5.82 Å². The van der Waals surface area contributed by atoms with E-state index < -0.39 is 0 Å². The van der Waals surface area contributed by atoms with Gasteiger partial charge < -0.3 is 0 Å². The molecule has 102 valence electrons. The Morgan fingerprint density at radius 3 is 2.42 bits per heavy atom. The first-order valence-electron chi connectivity index (χ1n) is 5.98. The van der Waals surface area contributed by atoms with Crippen molar-refractivity contribution in [1.82, 2.24) is 0 Å². The normalized spacial score (nSPS) is 13.6. The zero-order chi connectivity index (χ0) is 14.2. The Morgan fingerprint density at radius 2 is 1.89 bits per heavy atom. The summed E-state index contributed by atoms with van der Waals surface area (Å²) in [4.78, 5) is 2.50. The predicted molar refractivity (Wildman–Crippen MR) is 85.2 cm³/mol. The molecule has 0 saturated heterocycles. The molecule has 0 N–H and O–H groups in total. The number of rotatable bonds is 2. The van der Waals surface area contributed by atoms with Crippen molar-refractivity contribution >= 4 is 38.9 Å². The zero-order valence-corrected chi connectivity index (χ0v) is 14.2. The monoisotopic (exact) mass is 360 g/mol. The van der Waals surface area contributed by atoms with Crippen LogP contribution in [0.2, 0.25) is 5.02 Å². The van der Waals surface area contributed by atoms with Crippen LogP contribution in [0.3, 0.4) is 0 Å². The van der Waals surface area contributed by atoms with E-state index >= 15 is 0 Å². The van der Waals surface area contributed by atoms with E-state index in [1.165, 1.54) is 21.9 Å². The molecular weight excluding hydrogens is 347 g/mol. The van der Waals surface area contributed by atoms with E-state index in [0.717, 1.165) is 5.56 Å². The molecule has 0 aliphatic heterocycles. The summed E-state index contributed by atoms with van der Waals surface area (Å²) < 4.78 is 13.1. The van der Waals surface area contributed by atoms with Gasteiger partial charge in [-0.15, -0.1) is 11.3 Å². The second-order valence-corrected chi connectivity index (χ2v) is 7.92. The summed E-state index contributed by atoms with van der Waals surface area (Å²) in [6.07, 6.45) is 0. The standard InChI is InChI=1S/C15H15BrClFS/c1-15(2,3)13-7-6-12(19-13)14(16)10-5-4-9(18)8-11(10)17/h4-8,14H,1-3H3. The van der Waals surface area contributed by atoms with Crippen LogP contribution in [-0.2, 0) is 5.41 Å². The quantitative estimate of drug-likeness (QED) is 0.549. The van der Waals surface area contributed by atoms with Gasteiger partial charge in [0, 0.05) is 14.8 Å². The average Bonchev–Trinajstić information content (AvgIpc) is 2.76. The fourth-order valence-corrected chi connectivity index (χ4v) is 4.06. The van der Waals surface area contributed by atoms with Crippen molar-refractivity contribution in [2.45, 2.75) is 31.0 Å². The molecule has 1 aromatic heterocycles. The van der Waals surface area contributed by atoms with E-state index in [2.05, 4.69) is 48.8 Å². The number of thiophene rings is 1. The molecule has 19 heavy (non-hydrogen) atoms. The van der Waals surface area contributed by atoms with Gasteiger partial charge in [0.2, 0.25) is 0 Å². The number of hydrogen-bond donors (Lipinski definition) is 0. The highest BCUT2D eigenvalue weighted by Gasteiger charge is 2.20. The fourth-order valence-electron chi connectivity index (χ4n) is 1.75. The maximum Gasteiger partial charge on any atom is 0.124 e. The van der Waals surface area contributed by atoms with Crippen LogP contribution in [0.4, 0.5) is 4.39 Å². The van der Waals surface area contributed by atoms with Gasteiger partial charge >= 0.3 is 0 Å². The first kappa shape index (κ1) is 15.0. The summed E-state index contributed by atoms with van der Waals surface area (Å²) in [5, 5.41) is 0.451. The van der Waals surface area contributed by atoms with Crippen molar-refractivity contribution in [3.05, 3.63) is 56.5 Å². The number of benzene rings is 1. The predicted octanol–water partition coefficient (Wildman–Crippen LogP) is 6.32. The van der Waals surface area contributed by atoms with Crippen LogP contribution in [0.1, 0.15) is 40.9 Å². The van der Waals surface area contributed by atoms with Crippen molar-refractivity contribution in [2.75, 3.05) is 0 Å². The first-order valence-corrected chi connectivity index (χ1v) is 8.09. The van der Waals surface area contributed by atoms with E-state index in [-0.39, 0.29) is 16.1 Å². The van der Waals surface area contributed by atoms with Crippen LogP contribution < -0.4 is 0 Å². The van der Waals surface area contributed by atoms with Crippen LogP contribution in [0.15, 0.2) is 30.3 Å². The second kappa shape index (κ2) is 5.55. The van der Waals surface area contributed by atoms with E-state index in [1.807, 2.05) is 0 Å². The lowest BCUT2D eigenvalue weighted by molar-refractivity contribution is 0.604. The number of halogens is 3. The Bertz CT molecular complexity index is 586. The van der Waals surface area contributed by atoms with Crippen LogP contribution in [-0.4, -0.2) is 0 Å². The van der Waals surface area contributed by atoms with E-state index in [4.69, 9.17) is 11.6 Å². The minimum Gasteiger partial charge on any atom is -0.207 e. The molecule has 0 aliphatic rings. The Balaban J connectivity index is 2.34. The minimum absolute atomic E-state index is 0.00157. The molecule has 2 aromatic rings. The smallest absolute Gasteiger partial charge is 0.124 e. The average molecular weight is 362 g/mol. The maximum absolute atomic E-state index is 13.1. The second-order valence-electron chi connectivity index (χ2n) is 5.48. The van der Waals surface area contributed by atoms with Crippen molar-refractivity contribution in [2.24, 2.45) is 0 Å². The molecule has 0 amide bonds. The SMILES string of the molecule is CC(C)(C)c1ccc(C(Br)c2ccc(F)cc2Cl)s1. The van der Waals surface area contributed by atoms with Gasteiger partial charge in [0.1, 0.15) is 5.82 Å². The van der Waals surface area contributed by atoms with E-state index in [0.29, 0.717) is 5.02 Å². The van der Waals surface area contributed by atoms with Gasteiger partial charge in [-0.05, 0) is 35.2 Å². The molecular formula is C15H15BrClFS. The maximum atomic E-state index is 13.1. The van der Waals surface area contributed by atoms with Crippen molar-refractivity contribution in [1.29, 1.82) is 0 Å². The Morgan fingerprint density at radius 1 is 1.21 bits per heavy atom. The van der Waals surface area contributed by atoms with Crippen LogP contribution in [0.25, 0.3) is 0 Å². The Kier molecular flexibility index (Phi) is 4.38. The molecule has 4 heteroatoms. The van der Waals surface area contributed by atoms with E-state index in [9.17, 15) is 4.39 Å². The summed E-state index contributed by atoms with van der Waals surface area (Å²) in [7, 11) is 0. The van der Waals surface area contributed by atoms with Crippen molar-refractivity contribution < 1.29 is 4.39 Å². The van der Waals surface area contributed by atoms with Gasteiger partial charge in [-0.2, -0.15) is 0 Å². The highest BCUT2D eigenvalue weighted by atomic mass is 79.9. The molecule has 0 fully saturated rings. The van der Waals surface area contributed by atoms with Crippen molar-refractivity contribution in [3.8, 4) is 0 Å². The third-order valence-electron chi connectivity index (χ3n) is 2.85. The third kappa shape index (κ3) is 3.39. The summed E-state index contributed by atoms with van der Waals surface area (Å²) in [5.41, 5.74) is 1.03. The molecule has 0 radical (unpaired) electrons. The molecule has 1 unspecified atom stereocenters. The first-order chi connectivity index (χ1) is 8.79. The number of hydrogen-bond acceptors (Lipinski definition) is 1. The summed E-state index contributed by atoms with van der Waals surface area (Å²) in [6.45, 7) is 6.57. The third-order valence-corrected chi connectivity index (χ3v) is 6.04. The minimum atomic E-state index is -0.310. The van der Waals surface area contributed by atoms with Crippen LogP contribution >= 0.6 is 38.9 Å². The van der Waals surface area contributed by atoms with Gasteiger partial charge in [-0.1, -0.05) is 54.4 Å². The molecule has 2 rings (SSSR count). The molecule has 0 aliphatic carbocycles. The summed E-state index contributed by atoms with van der Waals surface area (Å²) >= 11 is 11.5. The van der Waals surface area contributed by atoms with Gasteiger partial charge in [0.25, 0.3) is 0 Å². The molecule has 1 heterocycles. The van der Waals surface area contributed by atoms with Crippen LogP contribution in [0.5, 0.6) is 0 Å². The Labute approximate surface area is 130 Å². The van der Waals surface area contributed by atoms with Gasteiger partial charge in [-0.25, -0.2) is 4.39 Å². The molecule has 0 nitrogen and oxygen atoms in total. The lowest BCUT2D eigenvalue weighted by atomic mass is 9.95.